The number of imidazole rings is 1. The molecule has 1 amide bonds. The van der Waals surface area contributed by atoms with Crippen LogP contribution >= 0.6 is 0 Å². The normalized spacial score (nSPS) is 15.3. The Morgan fingerprint density at radius 3 is 2.47 bits per heavy atom. The third kappa shape index (κ3) is 4.69. The van der Waals surface area contributed by atoms with Crippen LogP contribution < -0.4 is 4.90 Å². The van der Waals surface area contributed by atoms with Gasteiger partial charge in [0.25, 0.3) is 5.91 Å². The minimum atomic E-state index is -4.43. The zero-order chi connectivity index (χ0) is 25.4. The molecule has 2 aromatic heterocycles. The molecular formula is C25H22F3N5O3. The molecule has 1 aliphatic rings. The molecule has 3 heterocycles. The third-order valence-electron chi connectivity index (χ3n) is 6.17. The predicted molar refractivity (Wildman–Crippen MR) is 126 cm³/mol. The van der Waals surface area contributed by atoms with Gasteiger partial charge in [-0.15, -0.1) is 0 Å². The number of nitrogens with one attached hydrogen (secondary N) is 1. The Morgan fingerprint density at radius 2 is 1.81 bits per heavy atom. The molecule has 0 bridgehead atoms. The van der Waals surface area contributed by atoms with Crippen molar-refractivity contribution in [1.29, 1.82) is 0 Å². The van der Waals surface area contributed by atoms with Crippen LogP contribution in [0.15, 0.2) is 60.8 Å². The first kappa shape index (κ1) is 23.6. The molecule has 3 N–H and O–H groups in total. The second kappa shape index (κ2) is 9.15. The molecule has 2 aromatic carbocycles. The average molecular weight is 497 g/mol. The zero-order valence-corrected chi connectivity index (χ0v) is 18.9. The molecule has 1 unspecified atom stereocenters. The van der Waals surface area contributed by atoms with Crippen LogP contribution in [0.2, 0.25) is 0 Å². The molecule has 0 saturated carbocycles. The van der Waals surface area contributed by atoms with Gasteiger partial charge in [0.05, 0.1) is 16.6 Å². The van der Waals surface area contributed by atoms with Crippen molar-refractivity contribution in [3.05, 3.63) is 71.9 Å². The van der Waals surface area contributed by atoms with Crippen molar-refractivity contribution < 1.29 is 28.2 Å². The SMILES string of the molecule is O=C(C(O)c1cccc(O)c1)N1CCN(c2ccc(-c3nc4ccc(C(F)(F)F)cc4[nH]3)cn2)CC1. The Morgan fingerprint density at radius 1 is 1.03 bits per heavy atom. The largest absolute Gasteiger partial charge is 0.508 e. The second-order valence-electron chi connectivity index (χ2n) is 8.53. The summed E-state index contributed by atoms with van der Waals surface area (Å²) in [6.45, 7) is 1.80. The number of benzene rings is 2. The average Bonchev–Trinajstić information content (AvgIpc) is 3.31. The number of hydrogen-bond acceptors (Lipinski definition) is 6. The number of phenols is 1. The number of phenolic OH excluding ortho intramolecular Hbond substituents is 1. The lowest BCUT2D eigenvalue weighted by molar-refractivity contribution is -0.141. The predicted octanol–water partition coefficient (Wildman–Crippen LogP) is 3.73. The van der Waals surface area contributed by atoms with Crippen molar-refractivity contribution in [2.45, 2.75) is 12.3 Å². The number of pyridine rings is 1. The topological polar surface area (TPSA) is 106 Å². The van der Waals surface area contributed by atoms with Crippen LogP contribution in [0.5, 0.6) is 5.75 Å². The number of piperazine rings is 1. The van der Waals surface area contributed by atoms with E-state index in [1.807, 2.05) is 4.90 Å². The quantitative estimate of drug-likeness (QED) is 0.397. The van der Waals surface area contributed by atoms with E-state index in [4.69, 9.17) is 0 Å². The summed E-state index contributed by atoms with van der Waals surface area (Å²) >= 11 is 0. The van der Waals surface area contributed by atoms with E-state index >= 15 is 0 Å². The number of aromatic amines is 1. The smallest absolute Gasteiger partial charge is 0.416 e. The number of aromatic hydroxyl groups is 1. The fourth-order valence-corrected chi connectivity index (χ4v) is 4.20. The van der Waals surface area contributed by atoms with E-state index in [1.165, 1.54) is 18.2 Å². The summed E-state index contributed by atoms with van der Waals surface area (Å²) < 4.78 is 38.9. The zero-order valence-electron chi connectivity index (χ0n) is 18.9. The number of anilines is 1. The highest BCUT2D eigenvalue weighted by Gasteiger charge is 2.31. The summed E-state index contributed by atoms with van der Waals surface area (Å²) in [7, 11) is 0. The van der Waals surface area contributed by atoms with Gasteiger partial charge in [-0.1, -0.05) is 12.1 Å². The molecule has 186 valence electrons. The number of nitrogens with zero attached hydrogens (tertiary/aromatic N) is 4. The summed E-state index contributed by atoms with van der Waals surface area (Å²) in [5.74, 6) is 0.657. The number of alkyl halides is 3. The van der Waals surface area contributed by atoms with Gasteiger partial charge < -0.3 is 25.0 Å². The van der Waals surface area contributed by atoms with Gasteiger partial charge in [0.15, 0.2) is 6.10 Å². The lowest BCUT2D eigenvalue weighted by atomic mass is 10.1. The summed E-state index contributed by atoms with van der Waals surface area (Å²) in [6, 6.07) is 12.9. The molecule has 1 atom stereocenters. The van der Waals surface area contributed by atoms with Crippen molar-refractivity contribution in [2.75, 3.05) is 31.1 Å². The molecule has 11 heteroatoms. The maximum absolute atomic E-state index is 13.0. The van der Waals surface area contributed by atoms with E-state index in [0.29, 0.717) is 54.5 Å². The van der Waals surface area contributed by atoms with Gasteiger partial charge in [0, 0.05) is 37.9 Å². The molecule has 1 aliphatic heterocycles. The summed E-state index contributed by atoms with van der Waals surface area (Å²) in [6.07, 6.45) is -4.18. The van der Waals surface area contributed by atoms with Crippen molar-refractivity contribution in [3.63, 3.8) is 0 Å². The fraction of sp³-hybridized carbons (Fsp3) is 0.240. The van der Waals surface area contributed by atoms with E-state index in [1.54, 1.807) is 35.4 Å². The molecule has 36 heavy (non-hydrogen) atoms. The van der Waals surface area contributed by atoms with Crippen LogP contribution in [0.3, 0.4) is 0 Å². The van der Waals surface area contributed by atoms with Crippen LogP contribution in [0.4, 0.5) is 19.0 Å². The molecule has 1 saturated heterocycles. The maximum Gasteiger partial charge on any atom is 0.416 e. The standard InChI is InChI=1S/C25H22F3N5O3/c26-25(27,28)17-5-6-19-20(13-17)31-23(30-19)16-4-7-21(29-14-16)32-8-10-33(11-9-32)24(36)22(35)15-2-1-3-18(34)12-15/h1-7,12-14,22,34-35H,8-11H2,(H,30,31). The second-order valence-corrected chi connectivity index (χ2v) is 8.53. The summed E-state index contributed by atoms with van der Waals surface area (Å²) in [5.41, 5.74) is 0.936. The number of rotatable bonds is 4. The highest BCUT2D eigenvalue weighted by Crippen LogP contribution is 2.32. The molecule has 0 aliphatic carbocycles. The lowest BCUT2D eigenvalue weighted by Crippen LogP contribution is -2.50. The van der Waals surface area contributed by atoms with E-state index in [9.17, 15) is 28.2 Å². The third-order valence-corrected chi connectivity index (χ3v) is 6.17. The van der Waals surface area contributed by atoms with Crippen molar-refractivity contribution in [2.24, 2.45) is 0 Å². The van der Waals surface area contributed by atoms with E-state index in [0.717, 1.165) is 12.1 Å². The maximum atomic E-state index is 13.0. The highest BCUT2D eigenvalue weighted by molar-refractivity contribution is 5.82. The number of hydrogen-bond donors (Lipinski definition) is 3. The van der Waals surface area contributed by atoms with Crippen LogP contribution in [-0.4, -0.2) is 62.2 Å². The number of aromatic nitrogens is 3. The van der Waals surface area contributed by atoms with Crippen LogP contribution in [0, 0.1) is 0 Å². The van der Waals surface area contributed by atoms with Crippen LogP contribution in [0.25, 0.3) is 22.4 Å². The first-order valence-electron chi connectivity index (χ1n) is 11.2. The number of carbonyl (C=O) groups excluding carboxylic acids is 1. The van der Waals surface area contributed by atoms with Crippen molar-refractivity contribution in [1.82, 2.24) is 19.9 Å². The fourth-order valence-electron chi connectivity index (χ4n) is 4.20. The first-order chi connectivity index (χ1) is 17.2. The Balaban J connectivity index is 1.24. The Kier molecular flexibility index (Phi) is 6.00. The van der Waals surface area contributed by atoms with Gasteiger partial charge in [0.1, 0.15) is 17.4 Å². The molecule has 1 fully saturated rings. The molecule has 5 rings (SSSR count). The van der Waals surface area contributed by atoms with E-state index in [-0.39, 0.29) is 11.3 Å². The Labute approximate surface area is 203 Å². The van der Waals surface area contributed by atoms with E-state index in [2.05, 4.69) is 15.0 Å². The minimum absolute atomic E-state index is 0.0209. The molecule has 0 radical (unpaired) electrons. The van der Waals surface area contributed by atoms with Crippen molar-refractivity contribution >= 4 is 22.8 Å². The molecule has 0 spiro atoms. The first-order valence-corrected chi connectivity index (χ1v) is 11.2. The van der Waals surface area contributed by atoms with Gasteiger partial charge in [-0.3, -0.25) is 4.79 Å². The van der Waals surface area contributed by atoms with Gasteiger partial charge in [-0.05, 0) is 48.0 Å². The number of amides is 1. The Hall–Kier alpha value is -4.12. The molecule has 8 nitrogen and oxygen atoms in total. The van der Waals surface area contributed by atoms with Gasteiger partial charge in [0.2, 0.25) is 0 Å². The highest BCUT2D eigenvalue weighted by atomic mass is 19.4. The number of H-pyrrole nitrogens is 1. The number of carbonyl (C=O) groups is 1. The number of halogens is 3. The van der Waals surface area contributed by atoms with E-state index < -0.39 is 23.8 Å². The number of aliphatic hydroxyl groups is 1. The summed E-state index contributed by atoms with van der Waals surface area (Å²) in [4.78, 5) is 28.0. The minimum Gasteiger partial charge on any atom is -0.508 e. The van der Waals surface area contributed by atoms with Crippen molar-refractivity contribution in [3.8, 4) is 17.1 Å². The van der Waals surface area contributed by atoms with Gasteiger partial charge in [-0.2, -0.15) is 13.2 Å². The number of fused-ring (bicyclic) bond motifs is 1. The lowest BCUT2D eigenvalue weighted by Gasteiger charge is -2.36. The Bertz CT molecular complexity index is 1400. The van der Waals surface area contributed by atoms with Crippen LogP contribution in [0.1, 0.15) is 17.2 Å². The summed E-state index contributed by atoms with van der Waals surface area (Å²) in [5, 5.41) is 20.0. The number of aliphatic hydroxyl groups excluding tert-OH is 1. The van der Waals surface area contributed by atoms with Gasteiger partial charge >= 0.3 is 6.18 Å². The van der Waals surface area contributed by atoms with Gasteiger partial charge in [-0.25, -0.2) is 9.97 Å². The monoisotopic (exact) mass is 497 g/mol. The van der Waals surface area contributed by atoms with Crippen LogP contribution in [-0.2, 0) is 11.0 Å². The molecular weight excluding hydrogens is 475 g/mol. The molecule has 4 aromatic rings.